The molecule has 0 aromatic heterocycles. The molecule has 1 aliphatic heterocycles. The van der Waals surface area contributed by atoms with E-state index >= 15 is 0 Å². The Bertz CT molecular complexity index is 360. The van der Waals surface area contributed by atoms with Crippen molar-refractivity contribution in [3.05, 3.63) is 35.9 Å². The molecular weight excluding hydrogens is 210 g/mol. The summed E-state index contributed by atoms with van der Waals surface area (Å²) in [4.78, 5) is 13.8. The molecule has 1 amide bonds. The highest BCUT2D eigenvalue weighted by molar-refractivity contribution is 5.76. The molecule has 1 fully saturated rings. The van der Waals surface area contributed by atoms with Crippen LogP contribution in [0.5, 0.6) is 0 Å². The molecule has 92 valence electrons. The predicted octanol–water partition coefficient (Wildman–Crippen LogP) is 2.88. The van der Waals surface area contributed by atoms with Crippen molar-refractivity contribution < 1.29 is 4.79 Å². The van der Waals surface area contributed by atoms with Crippen LogP contribution in [0.25, 0.3) is 0 Å². The standard InChI is InChI=1S/C15H21NO/c1-2-6-15(17)16-10-9-14(12-16)11-13-7-4-3-5-8-13/h3-5,7-8,14H,2,6,9-12H2,1H3. The number of carbonyl (C=O) groups excluding carboxylic acids is 1. The van der Waals surface area contributed by atoms with Crippen LogP contribution in [-0.2, 0) is 11.2 Å². The summed E-state index contributed by atoms with van der Waals surface area (Å²) in [5.74, 6) is 0.987. The Kier molecular flexibility index (Phi) is 4.18. The maximum atomic E-state index is 11.8. The van der Waals surface area contributed by atoms with Crippen molar-refractivity contribution in [3.63, 3.8) is 0 Å². The van der Waals surface area contributed by atoms with Crippen LogP contribution >= 0.6 is 0 Å². The zero-order valence-corrected chi connectivity index (χ0v) is 10.6. The van der Waals surface area contributed by atoms with E-state index in [0.717, 1.165) is 32.4 Å². The van der Waals surface area contributed by atoms with E-state index in [-0.39, 0.29) is 0 Å². The molecular formula is C15H21NO. The Hall–Kier alpha value is -1.31. The van der Waals surface area contributed by atoms with Gasteiger partial charge in [0.2, 0.25) is 5.91 Å². The normalized spacial score (nSPS) is 19.6. The second kappa shape index (κ2) is 5.85. The van der Waals surface area contributed by atoms with Crippen LogP contribution in [0, 0.1) is 5.92 Å². The van der Waals surface area contributed by atoms with Gasteiger partial charge in [-0.2, -0.15) is 0 Å². The van der Waals surface area contributed by atoms with Crippen LogP contribution in [-0.4, -0.2) is 23.9 Å². The number of rotatable bonds is 4. The van der Waals surface area contributed by atoms with Gasteiger partial charge in [0, 0.05) is 19.5 Å². The van der Waals surface area contributed by atoms with Gasteiger partial charge in [-0.25, -0.2) is 0 Å². The van der Waals surface area contributed by atoms with Crippen LogP contribution in [0.2, 0.25) is 0 Å². The number of carbonyl (C=O) groups is 1. The minimum Gasteiger partial charge on any atom is -0.342 e. The highest BCUT2D eigenvalue weighted by atomic mass is 16.2. The van der Waals surface area contributed by atoms with Crippen molar-refractivity contribution in [1.82, 2.24) is 4.90 Å². The smallest absolute Gasteiger partial charge is 0.222 e. The lowest BCUT2D eigenvalue weighted by molar-refractivity contribution is -0.130. The third kappa shape index (κ3) is 3.32. The van der Waals surface area contributed by atoms with E-state index in [9.17, 15) is 4.79 Å². The van der Waals surface area contributed by atoms with Crippen molar-refractivity contribution in [1.29, 1.82) is 0 Å². The average Bonchev–Trinajstić information content (AvgIpc) is 2.79. The lowest BCUT2D eigenvalue weighted by Crippen LogP contribution is -2.28. The van der Waals surface area contributed by atoms with Gasteiger partial charge < -0.3 is 4.90 Å². The summed E-state index contributed by atoms with van der Waals surface area (Å²) < 4.78 is 0. The Morgan fingerprint density at radius 2 is 2.12 bits per heavy atom. The zero-order chi connectivity index (χ0) is 12.1. The molecule has 1 unspecified atom stereocenters. The second-order valence-corrected chi connectivity index (χ2v) is 4.93. The number of nitrogens with zero attached hydrogens (tertiary/aromatic N) is 1. The molecule has 1 saturated heterocycles. The summed E-state index contributed by atoms with van der Waals surface area (Å²) in [7, 11) is 0. The molecule has 1 aromatic rings. The van der Waals surface area contributed by atoms with E-state index in [1.54, 1.807) is 0 Å². The Balaban J connectivity index is 1.84. The van der Waals surface area contributed by atoms with E-state index in [1.807, 2.05) is 4.90 Å². The fraction of sp³-hybridized carbons (Fsp3) is 0.533. The van der Waals surface area contributed by atoms with Gasteiger partial charge in [-0.3, -0.25) is 4.79 Å². The van der Waals surface area contributed by atoms with Crippen LogP contribution in [0.4, 0.5) is 0 Å². The monoisotopic (exact) mass is 231 g/mol. The molecule has 0 N–H and O–H groups in total. The van der Waals surface area contributed by atoms with E-state index in [1.165, 1.54) is 5.56 Å². The quantitative estimate of drug-likeness (QED) is 0.780. The third-order valence-corrected chi connectivity index (χ3v) is 3.47. The Morgan fingerprint density at radius 3 is 2.82 bits per heavy atom. The molecule has 0 bridgehead atoms. The number of benzene rings is 1. The topological polar surface area (TPSA) is 20.3 Å². The molecule has 1 aromatic carbocycles. The van der Waals surface area contributed by atoms with Crippen molar-refractivity contribution in [2.45, 2.75) is 32.6 Å². The molecule has 2 heteroatoms. The number of amides is 1. The first-order valence-electron chi connectivity index (χ1n) is 6.61. The molecule has 2 nitrogen and oxygen atoms in total. The van der Waals surface area contributed by atoms with Gasteiger partial charge in [0.15, 0.2) is 0 Å². The molecule has 0 spiro atoms. The van der Waals surface area contributed by atoms with E-state index < -0.39 is 0 Å². The SMILES string of the molecule is CCCC(=O)N1CCC(Cc2ccccc2)C1. The Labute approximate surface area is 104 Å². The van der Waals surface area contributed by atoms with Crippen molar-refractivity contribution in [3.8, 4) is 0 Å². The van der Waals surface area contributed by atoms with Gasteiger partial charge in [0.25, 0.3) is 0 Å². The molecule has 0 saturated carbocycles. The van der Waals surface area contributed by atoms with Gasteiger partial charge in [0.05, 0.1) is 0 Å². The van der Waals surface area contributed by atoms with E-state index in [0.29, 0.717) is 18.2 Å². The number of hydrogen-bond acceptors (Lipinski definition) is 1. The zero-order valence-electron chi connectivity index (χ0n) is 10.6. The summed E-state index contributed by atoms with van der Waals surface area (Å²) >= 11 is 0. The molecule has 2 rings (SSSR count). The molecule has 1 aliphatic rings. The molecule has 17 heavy (non-hydrogen) atoms. The summed E-state index contributed by atoms with van der Waals surface area (Å²) in [6.07, 6.45) is 3.93. The maximum Gasteiger partial charge on any atom is 0.222 e. The van der Waals surface area contributed by atoms with Crippen molar-refractivity contribution in [2.24, 2.45) is 5.92 Å². The second-order valence-electron chi connectivity index (χ2n) is 4.93. The third-order valence-electron chi connectivity index (χ3n) is 3.47. The molecule has 1 atom stereocenters. The first kappa shape index (κ1) is 12.2. The van der Waals surface area contributed by atoms with Gasteiger partial charge in [-0.05, 0) is 30.7 Å². The molecule has 1 heterocycles. The Morgan fingerprint density at radius 1 is 1.35 bits per heavy atom. The first-order chi connectivity index (χ1) is 8.29. The van der Waals surface area contributed by atoms with Crippen molar-refractivity contribution in [2.75, 3.05) is 13.1 Å². The minimum atomic E-state index is 0.336. The molecule has 0 aliphatic carbocycles. The number of hydrogen-bond donors (Lipinski definition) is 0. The maximum absolute atomic E-state index is 11.8. The highest BCUT2D eigenvalue weighted by Crippen LogP contribution is 2.21. The fourth-order valence-electron chi connectivity index (χ4n) is 2.55. The average molecular weight is 231 g/mol. The van der Waals surface area contributed by atoms with Crippen LogP contribution < -0.4 is 0 Å². The summed E-state index contributed by atoms with van der Waals surface area (Å²) in [6.45, 7) is 3.97. The summed E-state index contributed by atoms with van der Waals surface area (Å²) in [6, 6.07) is 10.6. The molecule has 0 radical (unpaired) electrons. The van der Waals surface area contributed by atoms with Crippen LogP contribution in [0.3, 0.4) is 0 Å². The lowest BCUT2D eigenvalue weighted by atomic mass is 9.99. The van der Waals surface area contributed by atoms with Gasteiger partial charge >= 0.3 is 0 Å². The summed E-state index contributed by atoms with van der Waals surface area (Å²) in [5.41, 5.74) is 1.39. The van der Waals surface area contributed by atoms with Crippen molar-refractivity contribution >= 4 is 5.91 Å². The van der Waals surface area contributed by atoms with E-state index in [2.05, 4.69) is 37.3 Å². The fourth-order valence-corrected chi connectivity index (χ4v) is 2.55. The van der Waals surface area contributed by atoms with Crippen LogP contribution in [0.1, 0.15) is 31.7 Å². The number of likely N-dealkylation sites (tertiary alicyclic amines) is 1. The van der Waals surface area contributed by atoms with Crippen LogP contribution in [0.15, 0.2) is 30.3 Å². The van der Waals surface area contributed by atoms with Gasteiger partial charge in [-0.1, -0.05) is 37.3 Å². The highest BCUT2D eigenvalue weighted by Gasteiger charge is 2.25. The lowest BCUT2D eigenvalue weighted by Gasteiger charge is -2.16. The van der Waals surface area contributed by atoms with Gasteiger partial charge in [0.1, 0.15) is 0 Å². The first-order valence-corrected chi connectivity index (χ1v) is 6.61. The van der Waals surface area contributed by atoms with Gasteiger partial charge in [-0.15, -0.1) is 0 Å². The largest absolute Gasteiger partial charge is 0.342 e. The predicted molar refractivity (Wildman–Crippen MR) is 69.7 cm³/mol. The minimum absolute atomic E-state index is 0.336. The summed E-state index contributed by atoms with van der Waals surface area (Å²) in [5, 5.41) is 0. The van der Waals surface area contributed by atoms with E-state index in [4.69, 9.17) is 0 Å².